The van der Waals surface area contributed by atoms with Crippen molar-refractivity contribution in [3.05, 3.63) is 93.0 Å². The molecule has 1 N–H and O–H groups in total. The normalized spacial score (nSPS) is 10.9. The highest BCUT2D eigenvalue weighted by Crippen LogP contribution is 2.18. The minimum atomic E-state index is -0.831. The van der Waals surface area contributed by atoms with Crippen LogP contribution in [-0.4, -0.2) is 26.8 Å². The maximum atomic E-state index is 13.1. The van der Waals surface area contributed by atoms with Gasteiger partial charge in [-0.15, -0.1) is 0 Å². The molecular formula is C19H16FN5O3. The van der Waals surface area contributed by atoms with Gasteiger partial charge >= 0.3 is 5.69 Å². The van der Waals surface area contributed by atoms with Gasteiger partial charge in [0, 0.05) is 0 Å². The molecule has 8 nitrogen and oxygen atoms in total. The minimum absolute atomic E-state index is 0.279. The number of hydrogen-bond donors (Lipinski definition) is 1. The predicted octanol–water partition coefficient (Wildman–Crippen LogP) is 3.05. The Bertz CT molecular complexity index is 1040. The summed E-state index contributed by atoms with van der Waals surface area (Å²) in [6.45, 7) is 2.23. The van der Waals surface area contributed by atoms with Crippen molar-refractivity contribution < 1.29 is 14.1 Å². The van der Waals surface area contributed by atoms with Crippen molar-refractivity contribution in [1.82, 2.24) is 15.2 Å². The average Bonchev–Trinajstić information content (AvgIpc) is 3.08. The number of carbonyl (C=O) groups excluding carboxylic acids is 1. The molecule has 0 aliphatic carbocycles. The molecule has 0 atom stereocenters. The number of amides is 1. The Morgan fingerprint density at radius 2 is 2.07 bits per heavy atom. The second kappa shape index (κ2) is 8.21. The summed E-state index contributed by atoms with van der Waals surface area (Å²) in [5.74, 6) is -1.28. The number of aromatic nitrogens is 2. The summed E-state index contributed by atoms with van der Waals surface area (Å²) in [4.78, 5) is 22.8. The van der Waals surface area contributed by atoms with Gasteiger partial charge < -0.3 is 0 Å². The zero-order chi connectivity index (χ0) is 20.1. The maximum Gasteiger partial charge on any atom is 0.320 e. The number of benzene rings is 2. The highest BCUT2D eigenvalue weighted by atomic mass is 19.1. The summed E-state index contributed by atoms with van der Waals surface area (Å²) in [6.07, 6.45) is 2.43. The average molecular weight is 381 g/mol. The van der Waals surface area contributed by atoms with E-state index in [1.54, 1.807) is 6.07 Å². The van der Waals surface area contributed by atoms with Gasteiger partial charge in [0.15, 0.2) is 0 Å². The van der Waals surface area contributed by atoms with Crippen molar-refractivity contribution in [2.75, 3.05) is 0 Å². The Hall–Kier alpha value is -3.88. The standard InChI is InChI=1S/C19H16FN5O3/c1-13-5-7-14(8-6-13)11-24-12-17(25(27)28)18(23-24)19(26)22-21-10-15-3-2-4-16(20)9-15/h2-10,12H,11H2,1H3,(H,22,26). The van der Waals surface area contributed by atoms with Crippen LogP contribution in [0.5, 0.6) is 0 Å². The monoisotopic (exact) mass is 381 g/mol. The Morgan fingerprint density at radius 3 is 2.75 bits per heavy atom. The molecule has 0 aliphatic rings. The summed E-state index contributed by atoms with van der Waals surface area (Å²) in [5.41, 5.74) is 3.80. The van der Waals surface area contributed by atoms with E-state index < -0.39 is 22.3 Å². The van der Waals surface area contributed by atoms with Crippen molar-refractivity contribution in [3.63, 3.8) is 0 Å². The molecule has 0 saturated heterocycles. The van der Waals surface area contributed by atoms with E-state index in [4.69, 9.17) is 0 Å². The van der Waals surface area contributed by atoms with Crippen LogP contribution in [0.1, 0.15) is 27.2 Å². The van der Waals surface area contributed by atoms with Crippen molar-refractivity contribution in [3.8, 4) is 0 Å². The molecule has 3 aromatic rings. The SMILES string of the molecule is Cc1ccc(Cn2cc([N+](=O)[O-])c(C(=O)NN=Cc3cccc(F)c3)n2)cc1. The highest BCUT2D eigenvalue weighted by Gasteiger charge is 2.25. The first-order valence-corrected chi connectivity index (χ1v) is 8.29. The topological polar surface area (TPSA) is 102 Å². The molecule has 3 rings (SSSR count). The van der Waals surface area contributed by atoms with E-state index in [9.17, 15) is 19.3 Å². The van der Waals surface area contributed by atoms with E-state index in [0.717, 1.165) is 11.1 Å². The first-order valence-electron chi connectivity index (χ1n) is 8.29. The molecule has 1 amide bonds. The van der Waals surface area contributed by atoms with E-state index in [-0.39, 0.29) is 12.2 Å². The van der Waals surface area contributed by atoms with Crippen molar-refractivity contribution in [2.24, 2.45) is 5.10 Å². The van der Waals surface area contributed by atoms with Gasteiger partial charge in [-0.1, -0.05) is 42.0 Å². The molecule has 142 valence electrons. The van der Waals surface area contributed by atoms with E-state index in [2.05, 4.69) is 15.6 Å². The van der Waals surface area contributed by atoms with Crippen LogP contribution in [0.25, 0.3) is 0 Å². The minimum Gasteiger partial charge on any atom is -0.265 e. The zero-order valence-electron chi connectivity index (χ0n) is 14.9. The first-order chi connectivity index (χ1) is 13.4. The number of aryl methyl sites for hydroxylation is 1. The molecule has 1 aromatic heterocycles. The molecule has 0 radical (unpaired) electrons. The van der Waals surface area contributed by atoms with E-state index in [1.807, 2.05) is 31.2 Å². The molecule has 0 bridgehead atoms. The fraction of sp³-hybridized carbons (Fsp3) is 0.105. The lowest BCUT2D eigenvalue weighted by Crippen LogP contribution is -2.19. The van der Waals surface area contributed by atoms with Gasteiger partial charge in [-0.05, 0) is 30.2 Å². The number of hydrazone groups is 1. The van der Waals surface area contributed by atoms with Crippen LogP contribution in [0.3, 0.4) is 0 Å². The quantitative estimate of drug-likeness (QED) is 0.403. The number of nitrogens with one attached hydrogen (secondary N) is 1. The van der Waals surface area contributed by atoms with Gasteiger partial charge in [-0.3, -0.25) is 19.6 Å². The first kappa shape index (κ1) is 18.9. The number of hydrogen-bond acceptors (Lipinski definition) is 5. The molecule has 0 spiro atoms. The summed E-state index contributed by atoms with van der Waals surface area (Å²) >= 11 is 0. The molecule has 0 saturated carbocycles. The molecule has 9 heteroatoms. The number of nitro groups is 1. The third-order valence-corrected chi connectivity index (χ3v) is 3.85. The maximum absolute atomic E-state index is 13.1. The van der Waals surface area contributed by atoms with Crippen LogP contribution < -0.4 is 5.43 Å². The van der Waals surface area contributed by atoms with Gasteiger partial charge in [0.25, 0.3) is 5.91 Å². The molecule has 1 heterocycles. The fourth-order valence-corrected chi connectivity index (χ4v) is 2.47. The number of rotatable bonds is 6. The molecular weight excluding hydrogens is 365 g/mol. The lowest BCUT2D eigenvalue weighted by atomic mass is 10.1. The van der Waals surface area contributed by atoms with Gasteiger partial charge in [-0.2, -0.15) is 10.2 Å². The zero-order valence-corrected chi connectivity index (χ0v) is 14.9. The van der Waals surface area contributed by atoms with Crippen LogP contribution in [0.2, 0.25) is 0 Å². The van der Waals surface area contributed by atoms with Crippen LogP contribution in [0.4, 0.5) is 10.1 Å². The Kier molecular flexibility index (Phi) is 5.54. The van der Waals surface area contributed by atoms with Crippen LogP contribution in [0, 0.1) is 22.9 Å². The van der Waals surface area contributed by atoms with Gasteiger partial charge in [0.2, 0.25) is 5.69 Å². The summed E-state index contributed by atoms with van der Waals surface area (Å²) in [5, 5.41) is 19.0. The smallest absolute Gasteiger partial charge is 0.265 e. The van der Waals surface area contributed by atoms with Gasteiger partial charge in [0.1, 0.15) is 12.0 Å². The van der Waals surface area contributed by atoms with Crippen LogP contribution >= 0.6 is 0 Å². The van der Waals surface area contributed by atoms with Crippen LogP contribution in [-0.2, 0) is 6.54 Å². The Labute approximate surface area is 159 Å². The Morgan fingerprint density at radius 1 is 1.32 bits per heavy atom. The van der Waals surface area contributed by atoms with Crippen LogP contribution in [0.15, 0.2) is 59.8 Å². The second-order valence-corrected chi connectivity index (χ2v) is 6.06. The summed E-state index contributed by atoms with van der Waals surface area (Å²) in [6, 6.07) is 13.2. The van der Waals surface area contributed by atoms with E-state index in [1.165, 1.54) is 35.3 Å². The lowest BCUT2D eigenvalue weighted by Gasteiger charge is -2.01. The third-order valence-electron chi connectivity index (χ3n) is 3.85. The second-order valence-electron chi connectivity index (χ2n) is 6.06. The number of carbonyl (C=O) groups is 1. The number of nitrogens with zero attached hydrogens (tertiary/aromatic N) is 4. The largest absolute Gasteiger partial charge is 0.320 e. The number of halogens is 1. The molecule has 0 aliphatic heterocycles. The van der Waals surface area contributed by atoms with E-state index >= 15 is 0 Å². The highest BCUT2D eigenvalue weighted by molar-refractivity contribution is 5.96. The molecule has 0 fully saturated rings. The fourth-order valence-electron chi connectivity index (χ4n) is 2.47. The molecule has 0 unspecified atom stereocenters. The van der Waals surface area contributed by atoms with Crippen molar-refractivity contribution in [1.29, 1.82) is 0 Å². The van der Waals surface area contributed by atoms with Crippen molar-refractivity contribution in [2.45, 2.75) is 13.5 Å². The molecule has 28 heavy (non-hydrogen) atoms. The van der Waals surface area contributed by atoms with Gasteiger partial charge in [0.05, 0.1) is 17.7 Å². The predicted molar refractivity (Wildman–Crippen MR) is 101 cm³/mol. The molecule has 2 aromatic carbocycles. The van der Waals surface area contributed by atoms with E-state index in [0.29, 0.717) is 5.56 Å². The summed E-state index contributed by atoms with van der Waals surface area (Å²) in [7, 11) is 0. The van der Waals surface area contributed by atoms with Gasteiger partial charge in [-0.25, -0.2) is 9.82 Å². The Balaban J connectivity index is 1.76. The third kappa shape index (κ3) is 4.64. The lowest BCUT2D eigenvalue weighted by molar-refractivity contribution is -0.385. The van der Waals surface area contributed by atoms with Crippen molar-refractivity contribution >= 4 is 17.8 Å². The summed E-state index contributed by atoms with van der Waals surface area (Å²) < 4.78 is 14.5.